The van der Waals surface area contributed by atoms with Gasteiger partial charge in [0.2, 0.25) is 0 Å². The lowest BCUT2D eigenvalue weighted by Gasteiger charge is -2.20. The standard InChI is InChI=1S/C15H17N3O2.C8H15NO3/c1-3-20-12-8-6-11(7-9-12)18-15(19)13-5-4-10-17-14(13)16-2;1-6(5-10)9-7(11)12-8(2,3)4/h4-10H,3H2,1-2H3,(H,16,17)(H,18,19);5-6H,1-4H3,(H,9,11). The highest BCUT2D eigenvalue weighted by molar-refractivity contribution is 6.07. The number of carbonyl (C=O) groups is 3. The van der Waals surface area contributed by atoms with Crippen molar-refractivity contribution in [3.8, 4) is 5.75 Å². The van der Waals surface area contributed by atoms with Crippen LogP contribution in [0.25, 0.3) is 0 Å². The lowest BCUT2D eigenvalue weighted by molar-refractivity contribution is -0.109. The maximum absolute atomic E-state index is 12.2. The van der Waals surface area contributed by atoms with E-state index in [1.54, 1.807) is 65.2 Å². The third-order valence-corrected chi connectivity index (χ3v) is 3.66. The van der Waals surface area contributed by atoms with E-state index in [1.165, 1.54) is 0 Å². The van der Waals surface area contributed by atoms with Gasteiger partial charge in [-0.2, -0.15) is 0 Å². The number of nitrogens with one attached hydrogen (secondary N) is 3. The third-order valence-electron chi connectivity index (χ3n) is 3.66. The van der Waals surface area contributed by atoms with E-state index in [0.29, 0.717) is 30.0 Å². The lowest BCUT2D eigenvalue weighted by Crippen LogP contribution is -2.38. The van der Waals surface area contributed by atoms with Gasteiger partial charge in [-0.1, -0.05) is 0 Å². The lowest BCUT2D eigenvalue weighted by atomic mass is 10.2. The molecule has 2 aromatic rings. The minimum absolute atomic E-state index is 0.202. The number of anilines is 2. The van der Waals surface area contributed by atoms with E-state index < -0.39 is 17.7 Å². The van der Waals surface area contributed by atoms with E-state index in [2.05, 4.69) is 20.9 Å². The maximum Gasteiger partial charge on any atom is 0.408 e. The normalized spacial score (nSPS) is 11.2. The smallest absolute Gasteiger partial charge is 0.408 e. The second-order valence-corrected chi connectivity index (χ2v) is 7.63. The molecular formula is C23H32N4O5. The van der Waals surface area contributed by atoms with Crippen molar-refractivity contribution in [1.29, 1.82) is 0 Å². The van der Waals surface area contributed by atoms with E-state index >= 15 is 0 Å². The van der Waals surface area contributed by atoms with E-state index in [9.17, 15) is 14.4 Å². The molecule has 2 rings (SSSR count). The number of aromatic nitrogens is 1. The molecule has 32 heavy (non-hydrogen) atoms. The maximum atomic E-state index is 12.2. The molecule has 0 aliphatic heterocycles. The van der Waals surface area contributed by atoms with Crippen LogP contribution in [0.3, 0.4) is 0 Å². The summed E-state index contributed by atoms with van der Waals surface area (Å²) in [6.45, 7) is 9.41. The molecule has 1 aromatic carbocycles. The molecule has 0 spiro atoms. The number of alkyl carbamates (subject to hydrolysis) is 1. The fourth-order valence-electron chi connectivity index (χ4n) is 2.31. The summed E-state index contributed by atoms with van der Waals surface area (Å²) < 4.78 is 10.3. The zero-order chi connectivity index (χ0) is 24.1. The molecule has 0 fully saturated rings. The molecule has 1 aromatic heterocycles. The first-order valence-electron chi connectivity index (χ1n) is 10.2. The molecule has 0 saturated heterocycles. The van der Waals surface area contributed by atoms with Crippen LogP contribution < -0.4 is 20.7 Å². The fourth-order valence-corrected chi connectivity index (χ4v) is 2.31. The Hall–Kier alpha value is -3.62. The van der Waals surface area contributed by atoms with Crippen molar-refractivity contribution in [3.63, 3.8) is 0 Å². The first kappa shape index (κ1) is 26.4. The summed E-state index contributed by atoms with van der Waals surface area (Å²) in [6, 6.07) is 10.2. The van der Waals surface area contributed by atoms with Crippen LogP contribution in [0.2, 0.25) is 0 Å². The fraction of sp³-hybridized carbons (Fsp3) is 0.391. The molecular weight excluding hydrogens is 412 g/mol. The minimum atomic E-state index is -0.568. The number of hydrogen-bond acceptors (Lipinski definition) is 7. The van der Waals surface area contributed by atoms with Gasteiger partial charge in [0.1, 0.15) is 23.5 Å². The summed E-state index contributed by atoms with van der Waals surface area (Å²) in [5.74, 6) is 1.13. The van der Waals surface area contributed by atoms with Crippen molar-refractivity contribution in [2.24, 2.45) is 0 Å². The number of benzene rings is 1. The van der Waals surface area contributed by atoms with Crippen LogP contribution in [0.4, 0.5) is 16.3 Å². The quantitative estimate of drug-likeness (QED) is 0.555. The Morgan fingerprint density at radius 3 is 2.34 bits per heavy atom. The van der Waals surface area contributed by atoms with Crippen molar-refractivity contribution >= 4 is 29.8 Å². The predicted molar refractivity (Wildman–Crippen MR) is 124 cm³/mol. The number of nitrogens with zero attached hydrogens (tertiary/aromatic N) is 1. The number of aldehydes is 1. The molecule has 174 valence electrons. The van der Waals surface area contributed by atoms with E-state index in [1.807, 2.05) is 19.1 Å². The predicted octanol–water partition coefficient (Wildman–Crippen LogP) is 3.87. The largest absolute Gasteiger partial charge is 0.494 e. The zero-order valence-electron chi connectivity index (χ0n) is 19.4. The van der Waals surface area contributed by atoms with Crippen LogP contribution >= 0.6 is 0 Å². The van der Waals surface area contributed by atoms with Gasteiger partial charge >= 0.3 is 6.09 Å². The summed E-state index contributed by atoms with van der Waals surface area (Å²) in [5, 5.41) is 8.08. The molecule has 0 saturated carbocycles. The summed E-state index contributed by atoms with van der Waals surface area (Å²) in [5.41, 5.74) is 0.695. The van der Waals surface area contributed by atoms with Gasteiger partial charge in [0, 0.05) is 18.9 Å². The first-order chi connectivity index (χ1) is 15.1. The molecule has 0 radical (unpaired) electrons. The van der Waals surface area contributed by atoms with Crippen molar-refractivity contribution in [2.75, 3.05) is 24.3 Å². The second-order valence-electron chi connectivity index (χ2n) is 7.63. The van der Waals surface area contributed by atoms with Crippen LogP contribution in [0.15, 0.2) is 42.6 Å². The molecule has 1 atom stereocenters. The Bertz CT molecular complexity index is 879. The Morgan fingerprint density at radius 1 is 1.16 bits per heavy atom. The zero-order valence-corrected chi connectivity index (χ0v) is 19.4. The second kappa shape index (κ2) is 12.9. The van der Waals surface area contributed by atoms with E-state index in [-0.39, 0.29) is 5.91 Å². The van der Waals surface area contributed by atoms with Gasteiger partial charge in [-0.05, 0) is 71.0 Å². The number of carbonyl (C=O) groups excluding carboxylic acids is 3. The number of ether oxygens (including phenoxy) is 2. The molecule has 0 bridgehead atoms. The van der Waals surface area contributed by atoms with Crippen LogP contribution in [0.5, 0.6) is 5.75 Å². The third kappa shape index (κ3) is 9.92. The van der Waals surface area contributed by atoms with Crippen molar-refractivity contribution < 1.29 is 23.9 Å². The highest BCUT2D eigenvalue weighted by Gasteiger charge is 2.17. The number of pyridine rings is 1. The molecule has 3 N–H and O–H groups in total. The van der Waals surface area contributed by atoms with Gasteiger partial charge in [0.15, 0.2) is 0 Å². The van der Waals surface area contributed by atoms with Crippen LogP contribution in [0, 0.1) is 0 Å². The SMILES string of the molecule is CC(C=O)NC(=O)OC(C)(C)C.CCOc1ccc(NC(=O)c2cccnc2NC)cc1. The van der Waals surface area contributed by atoms with E-state index in [0.717, 1.165) is 5.75 Å². The monoisotopic (exact) mass is 444 g/mol. The number of amides is 2. The highest BCUT2D eigenvalue weighted by Crippen LogP contribution is 2.18. The summed E-state index contributed by atoms with van der Waals surface area (Å²) >= 11 is 0. The van der Waals surface area contributed by atoms with Gasteiger partial charge in [-0.3, -0.25) is 4.79 Å². The van der Waals surface area contributed by atoms with Gasteiger partial charge in [0.25, 0.3) is 5.91 Å². The van der Waals surface area contributed by atoms with Gasteiger partial charge < -0.3 is 30.2 Å². The van der Waals surface area contributed by atoms with E-state index in [4.69, 9.17) is 9.47 Å². The summed E-state index contributed by atoms with van der Waals surface area (Å²) in [4.78, 5) is 37.4. The van der Waals surface area contributed by atoms with Crippen LogP contribution in [0.1, 0.15) is 45.0 Å². The Balaban J connectivity index is 0.000000368. The van der Waals surface area contributed by atoms with Crippen molar-refractivity contribution in [1.82, 2.24) is 10.3 Å². The molecule has 1 unspecified atom stereocenters. The molecule has 0 aliphatic carbocycles. The molecule has 0 aliphatic rings. The molecule has 2 amide bonds. The molecule has 1 heterocycles. The van der Waals surface area contributed by atoms with Crippen molar-refractivity contribution in [3.05, 3.63) is 48.2 Å². The first-order valence-corrected chi connectivity index (χ1v) is 10.2. The number of hydrogen-bond donors (Lipinski definition) is 3. The van der Waals surface area contributed by atoms with Crippen LogP contribution in [-0.2, 0) is 9.53 Å². The van der Waals surface area contributed by atoms with Gasteiger partial charge in [0.05, 0.1) is 18.2 Å². The molecule has 9 heteroatoms. The topological polar surface area (TPSA) is 119 Å². The van der Waals surface area contributed by atoms with Gasteiger partial charge in [-0.15, -0.1) is 0 Å². The molecule has 9 nitrogen and oxygen atoms in total. The van der Waals surface area contributed by atoms with Gasteiger partial charge in [-0.25, -0.2) is 9.78 Å². The average molecular weight is 445 g/mol. The van der Waals surface area contributed by atoms with Crippen LogP contribution in [-0.4, -0.2) is 48.6 Å². The Kier molecular flexibility index (Phi) is 10.7. The summed E-state index contributed by atoms with van der Waals surface area (Å²) in [6.07, 6.45) is 1.71. The number of rotatable bonds is 7. The Morgan fingerprint density at radius 2 is 1.81 bits per heavy atom. The average Bonchev–Trinajstić information content (AvgIpc) is 2.74. The highest BCUT2D eigenvalue weighted by atomic mass is 16.6. The Labute approximate surface area is 188 Å². The minimum Gasteiger partial charge on any atom is -0.494 e. The summed E-state index contributed by atoms with van der Waals surface area (Å²) in [7, 11) is 1.73. The van der Waals surface area contributed by atoms with Crippen molar-refractivity contribution in [2.45, 2.75) is 46.3 Å².